The van der Waals surface area contributed by atoms with Gasteiger partial charge in [0.2, 0.25) is 29.5 Å². The van der Waals surface area contributed by atoms with Gasteiger partial charge < -0.3 is 68.0 Å². The fourth-order valence-electron chi connectivity index (χ4n) is 5.93. The number of hydrogen-bond acceptors (Lipinski definition) is 13. The topological polar surface area (TPSA) is 339 Å². The lowest BCUT2D eigenvalue weighted by molar-refractivity contribution is -0.142. The second-order valence-electron chi connectivity index (χ2n) is 14.8. The van der Waals surface area contributed by atoms with Crippen LogP contribution in [0.1, 0.15) is 120 Å². The highest BCUT2D eigenvalue weighted by atomic mass is 16.5. The summed E-state index contributed by atoms with van der Waals surface area (Å²) in [5.41, 5.74) is 11.6. The number of ether oxygens (including phenoxy) is 1. The zero-order valence-corrected chi connectivity index (χ0v) is 34.9. The number of carbonyl (C=O) groups is 8. The van der Waals surface area contributed by atoms with Crippen molar-refractivity contribution in [2.75, 3.05) is 32.9 Å². The Morgan fingerprint density at radius 3 is 1.69 bits per heavy atom. The van der Waals surface area contributed by atoms with Crippen molar-refractivity contribution in [1.82, 2.24) is 26.6 Å². The minimum Gasteiger partial charge on any atom is -0.494 e. The number of amides is 5. The van der Waals surface area contributed by atoms with Gasteiger partial charge >= 0.3 is 11.9 Å². The summed E-state index contributed by atoms with van der Waals surface area (Å²) in [6.07, 6.45) is 10.4. The van der Waals surface area contributed by atoms with E-state index in [1.54, 1.807) is 12.1 Å². The number of aldehydes is 1. The number of unbranched alkanes of at least 4 members (excludes halogenated alkanes) is 9. The highest BCUT2D eigenvalue weighted by Crippen LogP contribution is 2.14. The SMILES string of the molecule is N[C@H](C=O)CCCCNC(=O)[C@@H](N)CCCCNC(=O)[C@H](CO)NC(=O)[C@H](CO)NC(=O)CC[C@H](NC(=O)CCCCCCCCCCOc1ccc(C(=O)O)cc1)C(=O)O. The van der Waals surface area contributed by atoms with E-state index in [4.69, 9.17) is 21.3 Å². The summed E-state index contributed by atoms with van der Waals surface area (Å²) in [5.74, 6) is -4.98. The number of aliphatic carboxylic acids is 1. The molecule has 0 heterocycles. The summed E-state index contributed by atoms with van der Waals surface area (Å²) in [7, 11) is 0. The van der Waals surface area contributed by atoms with Gasteiger partial charge in [-0.3, -0.25) is 24.0 Å². The third kappa shape index (κ3) is 25.3. The number of aliphatic hydroxyl groups excluding tert-OH is 2. The average molecular weight is 866 g/mol. The molecule has 0 aliphatic rings. The van der Waals surface area contributed by atoms with Gasteiger partial charge in [-0.05, 0) is 82.1 Å². The normalized spacial score (nSPS) is 13.4. The highest BCUT2D eigenvalue weighted by molar-refractivity contribution is 5.92. The molecule has 0 radical (unpaired) electrons. The van der Waals surface area contributed by atoms with Crippen molar-refractivity contribution in [3.05, 3.63) is 29.8 Å². The number of carboxylic acid groups (broad SMARTS) is 2. The van der Waals surface area contributed by atoms with E-state index in [0.717, 1.165) is 44.9 Å². The molecule has 0 aromatic heterocycles. The van der Waals surface area contributed by atoms with Crippen molar-refractivity contribution in [3.63, 3.8) is 0 Å². The Morgan fingerprint density at radius 1 is 0.590 bits per heavy atom. The Labute approximate surface area is 356 Å². The summed E-state index contributed by atoms with van der Waals surface area (Å²) in [6.45, 7) is -0.563. The summed E-state index contributed by atoms with van der Waals surface area (Å²) >= 11 is 0. The van der Waals surface area contributed by atoms with Crippen LogP contribution < -0.4 is 42.8 Å². The third-order valence-corrected chi connectivity index (χ3v) is 9.63. The van der Waals surface area contributed by atoms with Crippen molar-refractivity contribution in [3.8, 4) is 5.75 Å². The predicted molar refractivity (Wildman–Crippen MR) is 223 cm³/mol. The van der Waals surface area contributed by atoms with Gasteiger partial charge in [0.15, 0.2) is 0 Å². The van der Waals surface area contributed by atoms with E-state index in [1.807, 2.05) is 0 Å². The van der Waals surface area contributed by atoms with Crippen LogP contribution in [-0.2, 0) is 33.6 Å². The number of carboxylic acids is 2. The fourth-order valence-corrected chi connectivity index (χ4v) is 5.93. The van der Waals surface area contributed by atoms with Crippen LogP contribution in [0.4, 0.5) is 0 Å². The Hall–Kier alpha value is -5.18. The molecule has 344 valence electrons. The molecule has 5 amide bonds. The Morgan fingerprint density at radius 2 is 1.11 bits per heavy atom. The molecule has 1 aromatic rings. The van der Waals surface area contributed by atoms with E-state index in [1.165, 1.54) is 12.1 Å². The molecule has 61 heavy (non-hydrogen) atoms. The predicted octanol–water partition coefficient (Wildman–Crippen LogP) is 0.00480. The second kappa shape index (κ2) is 32.6. The van der Waals surface area contributed by atoms with Gasteiger partial charge in [-0.2, -0.15) is 0 Å². The first kappa shape index (κ1) is 53.8. The van der Waals surface area contributed by atoms with E-state index < -0.39 is 85.4 Å². The van der Waals surface area contributed by atoms with Crippen molar-refractivity contribution < 1.29 is 63.5 Å². The molecule has 13 N–H and O–H groups in total. The summed E-state index contributed by atoms with van der Waals surface area (Å²) in [6, 6.07) is 0.698. The molecule has 0 saturated heterocycles. The fraction of sp³-hybridized carbons (Fsp3) is 0.659. The maximum Gasteiger partial charge on any atom is 0.335 e. The van der Waals surface area contributed by atoms with Gasteiger partial charge in [0.25, 0.3) is 0 Å². The van der Waals surface area contributed by atoms with Crippen LogP contribution in [0.25, 0.3) is 0 Å². The number of carbonyl (C=O) groups excluding carboxylic acids is 6. The van der Waals surface area contributed by atoms with Crippen LogP contribution in [0, 0.1) is 0 Å². The lowest BCUT2D eigenvalue weighted by Crippen LogP contribution is -2.56. The summed E-state index contributed by atoms with van der Waals surface area (Å²) in [4.78, 5) is 95.7. The van der Waals surface area contributed by atoms with E-state index in [0.29, 0.717) is 70.1 Å². The number of aliphatic hydroxyl groups is 2. The quantitative estimate of drug-likeness (QED) is 0.0313. The molecule has 0 bridgehead atoms. The second-order valence-corrected chi connectivity index (χ2v) is 14.8. The van der Waals surface area contributed by atoms with Gasteiger partial charge in [0, 0.05) is 25.9 Å². The molecule has 0 saturated carbocycles. The minimum atomic E-state index is -1.51. The molecular weight excluding hydrogens is 798 g/mol. The Balaban J connectivity index is 2.26. The highest BCUT2D eigenvalue weighted by Gasteiger charge is 2.27. The van der Waals surface area contributed by atoms with Crippen molar-refractivity contribution in [1.29, 1.82) is 0 Å². The lowest BCUT2D eigenvalue weighted by atomic mass is 10.1. The van der Waals surface area contributed by atoms with Crippen LogP contribution in [-0.4, -0.2) is 131 Å². The molecule has 1 aromatic carbocycles. The molecule has 1 rings (SSSR count). The number of benzene rings is 1. The van der Waals surface area contributed by atoms with E-state index in [2.05, 4.69) is 26.6 Å². The first-order chi connectivity index (χ1) is 29.2. The van der Waals surface area contributed by atoms with Crippen molar-refractivity contribution in [2.24, 2.45) is 11.5 Å². The first-order valence-corrected chi connectivity index (χ1v) is 21.0. The maximum atomic E-state index is 12.7. The van der Waals surface area contributed by atoms with Gasteiger partial charge in [0.1, 0.15) is 30.2 Å². The first-order valence-electron chi connectivity index (χ1n) is 21.0. The van der Waals surface area contributed by atoms with Crippen LogP contribution in [0.5, 0.6) is 5.75 Å². The molecule has 5 atom stereocenters. The van der Waals surface area contributed by atoms with Gasteiger partial charge in [-0.1, -0.05) is 38.5 Å². The molecular formula is C41H67N7O13. The van der Waals surface area contributed by atoms with E-state index in [-0.39, 0.29) is 30.9 Å². The smallest absolute Gasteiger partial charge is 0.335 e. The molecule has 0 spiro atoms. The molecule has 20 heteroatoms. The van der Waals surface area contributed by atoms with Gasteiger partial charge in [0.05, 0.1) is 37.5 Å². The number of nitrogens with two attached hydrogens (primary N) is 2. The third-order valence-electron chi connectivity index (χ3n) is 9.63. The number of hydrogen-bond donors (Lipinski definition) is 11. The molecule has 0 aliphatic heterocycles. The average Bonchev–Trinajstić information content (AvgIpc) is 3.24. The standard InChI is InChI=1S/C41H67N7O13/c42-29(25-49)13-8-10-22-44-37(54)31(43)14-9-11-23-45-38(55)33(26-50)48-39(56)34(27-51)47-36(53)21-20-32(41(59)60)46-35(52)15-7-5-3-1-2-4-6-12-24-61-30-18-16-28(17-19-30)40(57)58/h16-19,25,29,31-34,50-51H,1-15,20-24,26-27,42-43H2,(H,44,54)(H,45,55)(H,46,52)(H,47,53)(H,48,56)(H,57,58)(H,59,60)/t29-,31-,32-,33-,34-/m0/s1. The molecule has 0 aliphatic carbocycles. The van der Waals surface area contributed by atoms with E-state index in [9.17, 15) is 53.7 Å². The zero-order valence-electron chi connectivity index (χ0n) is 34.9. The van der Waals surface area contributed by atoms with E-state index >= 15 is 0 Å². The molecule has 20 nitrogen and oxygen atoms in total. The number of nitrogens with one attached hydrogen (secondary N) is 5. The van der Waals surface area contributed by atoms with Crippen LogP contribution >= 0.6 is 0 Å². The van der Waals surface area contributed by atoms with Crippen LogP contribution in [0.3, 0.4) is 0 Å². The molecule has 0 unspecified atom stereocenters. The Bertz CT molecular complexity index is 1500. The zero-order chi connectivity index (χ0) is 45.4. The summed E-state index contributed by atoms with van der Waals surface area (Å²) in [5, 5.41) is 50.2. The number of aromatic carboxylic acids is 1. The monoisotopic (exact) mass is 865 g/mol. The minimum absolute atomic E-state index is 0.114. The van der Waals surface area contributed by atoms with Crippen LogP contribution in [0.2, 0.25) is 0 Å². The molecule has 0 fully saturated rings. The van der Waals surface area contributed by atoms with Crippen molar-refractivity contribution in [2.45, 2.75) is 139 Å². The van der Waals surface area contributed by atoms with Gasteiger partial charge in [-0.25, -0.2) is 9.59 Å². The lowest BCUT2D eigenvalue weighted by Gasteiger charge is -2.21. The summed E-state index contributed by atoms with van der Waals surface area (Å²) < 4.78 is 5.63. The maximum absolute atomic E-state index is 12.7. The number of rotatable bonds is 36. The van der Waals surface area contributed by atoms with Crippen LogP contribution in [0.15, 0.2) is 24.3 Å². The van der Waals surface area contributed by atoms with Gasteiger partial charge in [-0.15, -0.1) is 0 Å². The van der Waals surface area contributed by atoms with Crippen molar-refractivity contribution >= 4 is 47.8 Å². The largest absolute Gasteiger partial charge is 0.494 e. The Kier molecular flexibility index (Phi) is 28.7.